The van der Waals surface area contributed by atoms with Crippen LogP contribution in [0.25, 0.3) is 0 Å². The number of fused-ring (bicyclic) bond motifs is 1. The van der Waals surface area contributed by atoms with Gasteiger partial charge in [-0.2, -0.15) is 0 Å². The summed E-state index contributed by atoms with van der Waals surface area (Å²) in [5.74, 6) is 0. The minimum Gasteiger partial charge on any atom is -0.383 e. The minimum atomic E-state index is 0.230. The van der Waals surface area contributed by atoms with E-state index in [0.717, 1.165) is 24.9 Å². The average molecular weight is 262 g/mol. The Balaban J connectivity index is 1.84. The normalized spacial score (nSPS) is 17.7. The molecule has 0 atom stereocenters. The number of ether oxygens (including phenoxy) is 1. The quantitative estimate of drug-likeness (QED) is 0.788. The van der Waals surface area contributed by atoms with Crippen molar-refractivity contribution in [3.05, 3.63) is 33.2 Å². The van der Waals surface area contributed by atoms with Gasteiger partial charge >= 0.3 is 0 Å². The number of aromatic nitrogens is 1. The molecule has 104 valence electrons. The van der Waals surface area contributed by atoms with E-state index < -0.39 is 0 Å². The highest BCUT2D eigenvalue weighted by molar-refractivity contribution is 5.31. The number of aryl methyl sites for hydroxylation is 1. The standard InChI is InChI=1S/C15H22N2O2/c1-19-8-7-16-10-12-9-11-3-2-4-14(11)17(15(12)18)13-5-6-13/h9,13,16H,2-8,10H2,1H3. The van der Waals surface area contributed by atoms with Gasteiger partial charge in [-0.3, -0.25) is 4.79 Å². The van der Waals surface area contributed by atoms with Crippen LogP contribution in [0, 0.1) is 0 Å². The second-order valence-electron chi connectivity index (χ2n) is 5.57. The van der Waals surface area contributed by atoms with Crippen molar-refractivity contribution in [2.75, 3.05) is 20.3 Å². The molecule has 1 aromatic rings. The lowest BCUT2D eigenvalue weighted by Crippen LogP contribution is -2.30. The van der Waals surface area contributed by atoms with Gasteiger partial charge in [-0.05, 0) is 43.7 Å². The largest absolute Gasteiger partial charge is 0.383 e. The van der Waals surface area contributed by atoms with Gasteiger partial charge in [0.1, 0.15) is 0 Å². The fourth-order valence-corrected chi connectivity index (χ4v) is 2.97. The topological polar surface area (TPSA) is 43.3 Å². The summed E-state index contributed by atoms with van der Waals surface area (Å²) in [5.41, 5.74) is 3.86. The van der Waals surface area contributed by atoms with Crippen LogP contribution in [0.4, 0.5) is 0 Å². The molecule has 1 fully saturated rings. The lowest BCUT2D eigenvalue weighted by Gasteiger charge is -2.14. The Morgan fingerprint density at radius 3 is 3.00 bits per heavy atom. The molecule has 0 aromatic carbocycles. The molecule has 0 amide bonds. The molecule has 3 rings (SSSR count). The number of pyridine rings is 1. The van der Waals surface area contributed by atoms with E-state index in [4.69, 9.17) is 4.74 Å². The van der Waals surface area contributed by atoms with Gasteiger partial charge in [-0.1, -0.05) is 0 Å². The van der Waals surface area contributed by atoms with Crippen LogP contribution in [0.1, 0.15) is 42.1 Å². The molecule has 1 saturated carbocycles. The van der Waals surface area contributed by atoms with Crippen molar-refractivity contribution < 1.29 is 4.74 Å². The molecule has 0 unspecified atom stereocenters. The molecule has 0 aliphatic heterocycles. The summed E-state index contributed by atoms with van der Waals surface area (Å²) in [4.78, 5) is 12.6. The molecule has 2 aliphatic rings. The summed E-state index contributed by atoms with van der Waals surface area (Å²) < 4.78 is 7.10. The molecule has 1 heterocycles. The van der Waals surface area contributed by atoms with Crippen LogP contribution >= 0.6 is 0 Å². The van der Waals surface area contributed by atoms with E-state index >= 15 is 0 Å². The molecule has 2 aliphatic carbocycles. The van der Waals surface area contributed by atoms with E-state index in [-0.39, 0.29) is 5.56 Å². The third kappa shape index (κ3) is 2.60. The molecule has 19 heavy (non-hydrogen) atoms. The van der Waals surface area contributed by atoms with Gasteiger partial charge in [-0.15, -0.1) is 0 Å². The van der Waals surface area contributed by atoms with Crippen LogP contribution in [0.2, 0.25) is 0 Å². The van der Waals surface area contributed by atoms with Crippen LogP contribution in [0.15, 0.2) is 10.9 Å². The SMILES string of the molecule is COCCNCc1cc2c(n(C3CC3)c1=O)CCC2. The maximum atomic E-state index is 12.6. The first-order valence-electron chi connectivity index (χ1n) is 7.27. The average Bonchev–Trinajstić information content (AvgIpc) is 3.13. The highest BCUT2D eigenvalue weighted by atomic mass is 16.5. The van der Waals surface area contributed by atoms with Crippen molar-refractivity contribution in [2.45, 2.75) is 44.7 Å². The van der Waals surface area contributed by atoms with Crippen LogP contribution < -0.4 is 10.9 Å². The first kappa shape index (κ1) is 12.9. The summed E-state index contributed by atoms with van der Waals surface area (Å²) >= 11 is 0. The van der Waals surface area contributed by atoms with Gasteiger partial charge < -0.3 is 14.6 Å². The summed E-state index contributed by atoms with van der Waals surface area (Å²) in [7, 11) is 1.69. The Morgan fingerprint density at radius 1 is 1.42 bits per heavy atom. The summed E-state index contributed by atoms with van der Waals surface area (Å²) in [6, 6.07) is 2.61. The highest BCUT2D eigenvalue weighted by Crippen LogP contribution is 2.37. The fourth-order valence-electron chi connectivity index (χ4n) is 2.97. The maximum absolute atomic E-state index is 12.6. The zero-order valence-corrected chi connectivity index (χ0v) is 11.6. The van der Waals surface area contributed by atoms with E-state index in [1.165, 1.54) is 30.5 Å². The van der Waals surface area contributed by atoms with Gasteiger partial charge in [0.2, 0.25) is 0 Å². The van der Waals surface area contributed by atoms with E-state index in [9.17, 15) is 4.79 Å². The molecule has 0 radical (unpaired) electrons. The smallest absolute Gasteiger partial charge is 0.255 e. The van der Waals surface area contributed by atoms with Crippen LogP contribution in [-0.4, -0.2) is 24.8 Å². The zero-order chi connectivity index (χ0) is 13.2. The second kappa shape index (κ2) is 5.47. The number of hydrogen-bond donors (Lipinski definition) is 1. The van der Waals surface area contributed by atoms with E-state index in [2.05, 4.69) is 16.0 Å². The third-order valence-corrected chi connectivity index (χ3v) is 4.07. The molecule has 1 N–H and O–H groups in total. The van der Waals surface area contributed by atoms with E-state index in [1.54, 1.807) is 7.11 Å². The molecule has 4 nitrogen and oxygen atoms in total. The van der Waals surface area contributed by atoms with E-state index in [1.807, 2.05) is 0 Å². The number of rotatable bonds is 6. The number of nitrogens with one attached hydrogen (secondary N) is 1. The predicted octanol–water partition coefficient (Wildman–Crippen LogP) is 1.41. The van der Waals surface area contributed by atoms with Crippen LogP contribution in [0.5, 0.6) is 0 Å². The fraction of sp³-hybridized carbons (Fsp3) is 0.667. The van der Waals surface area contributed by atoms with Gasteiger partial charge in [-0.25, -0.2) is 0 Å². The van der Waals surface area contributed by atoms with E-state index in [0.29, 0.717) is 19.2 Å². The highest BCUT2D eigenvalue weighted by Gasteiger charge is 2.30. The number of methoxy groups -OCH3 is 1. The molecular weight excluding hydrogens is 240 g/mol. The Morgan fingerprint density at radius 2 is 2.26 bits per heavy atom. The molecular formula is C15H22N2O2. The Labute approximate surface area is 113 Å². The van der Waals surface area contributed by atoms with Crippen LogP contribution in [0.3, 0.4) is 0 Å². The molecule has 4 heteroatoms. The monoisotopic (exact) mass is 262 g/mol. The molecule has 0 spiro atoms. The molecule has 0 bridgehead atoms. The summed E-state index contributed by atoms with van der Waals surface area (Å²) in [6.07, 6.45) is 5.76. The summed E-state index contributed by atoms with van der Waals surface area (Å²) in [6.45, 7) is 2.13. The Hall–Kier alpha value is -1.13. The van der Waals surface area contributed by atoms with Crippen molar-refractivity contribution in [3.8, 4) is 0 Å². The zero-order valence-electron chi connectivity index (χ0n) is 11.6. The second-order valence-corrected chi connectivity index (χ2v) is 5.57. The maximum Gasteiger partial charge on any atom is 0.255 e. The number of nitrogens with zero attached hydrogens (tertiary/aromatic N) is 1. The van der Waals surface area contributed by atoms with Gasteiger partial charge in [0.25, 0.3) is 5.56 Å². The Kier molecular flexibility index (Phi) is 3.71. The van der Waals surface area contributed by atoms with Crippen LogP contribution in [-0.2, 0) is 24.1 Å². The number of hydrogen-bond acceptors (Lipinski definition) is 3. The van der Waals surface area contributed by atoms with Gasteiger partial charge in [0.05, 0.1) is 6.61 Å². The Bertz CT molecular complexity index is 518. The van der Waals surface area contributed by atoms with Crippen molar-refractivity contribution >= 4 is 0 Å². The van der Waals surface area contributed by atoms with Gasteiger partial charge in [0, 0.05) is 37.5 Å². The first-order valence-corrected chi connectivity index (χ1v) is 7.27. The summed E-state index contributed by atoms with van der Waals surface area (Å²) in [5, 5.41) is 3.28. The lowest BCUT2D eigenvalue weighted by atomic mass is 10.1. The first-order chi connectivity index (χ1) is 9.31. The van der Waals surface area contributed by atoms with Crippen molar-refractivity contribution in [1.82, 2.24) is 9.88 Å². The molecule has 1 aromatic heterocycles. The van der Waals surface area contributed by atoms with Crippen molar-refractivity contribution in [1.29, 1.82) is 0 Å². The van der Waals surface area contributed by atoms with Gasteiger partial charge in [0.15, 0.2) is 0 Å². The third-order valence-electron chi connectivity index (χ3n) is 4.07. The predicted molar refractivity (Wildman–Crippen MR) is 74.6 cm³/mol. The van der Waals surface area contributed by atoms with Crippen molar-refractivity contribution in [3.63, 3.8) is 0 Å². The minimum absolute atomic E-state index is 0.230. The lowest BCUT2D eigenvalue weighted by molar-refractivity contribution is 0.199. The molecule has 0 saturated heterocycles. The van der Waals surface area contributed by atoms with Crippen molar-refractivity contribution in [2.24, 2.45) is 0 Å².